The molecule has 115 valence electrons. The smallest absolute Gasteiger partial charge is 0.0578 e. The Morgan fingerprint density at radius 1 is 0.864 bits per heavy atom. The fourth-order valence-electron chi connectivity index (χ4n) is 3.35. The Morgan fingerprint density at radius 3 is 1.86 bits per heavy atom. The number of benzene rings is 2. The Hall–Kier alpha value is -1.64. The molecule has 1 radical (unpaired) electrons. The topological polar surface area (TPSA) is 26.1 Å². The van der Waals surface area contributed by atoms with Gasteiger partial charge in [0, 0.05) is 19.1 Å². The van der Waals surface area contributed by atoms with Crippen molar-refractivity contribution >= 4 is 0 Å². The van der Waals surface area contributed by atoms with Gasteiger partial charge in [-0.1, -0.05) is 60.7 Å². The van der Waals surface area contributed by atoms with Crippen LogP contribution >= 0.6 is 0 Å². The molecular weight excluding hydrogens is 268 g/mol. The van der Waals surface area contributed by atoms with E-state index >= 15 is 0 Å². The van der Waals surface area contributed by atoms with Crippen LogP contribution in [0.4, 0.5) is 0 Å². The van der Waals surface area contributed by atoms with Gasteiger partial charge in [0.25, 0.3) is 0 Å². The molecule has 1 heterocycles. The fraction of sp³-hybridized carbons (Fsp3) is 0.400. The number of piperidine rings is 1. The minimum atomic E-state index is 0.260. The van der Waals surface area contributed by atoms with E-state index in [1.54, 1.807) is 0 Å². The first-order chi connectivity index (χ1) is 10.8. The zero-order valence-corrected chi connectivity index (χ0v) is 13.3. The van der Waals surface area contributed by atoms with E-state index < -0.39 is 0 Å². The van der Waals surface area contributed by atoms with E-state index in [9.17, 15) is 0 Å². The Kier molecular flexibility index (Phi) is 5.25. The summed E-state index contributed by atoms with van der Waals surface area (Å²) in [4.78, 5) is 0. The Balaban J connectivity index is 1.79. The second kappa shape index (κ2) is 7.57. The molecule has 1 unspecified atom stereocenters. The number of hydrogen-bond donors (Lipinski definition) is 1. The first-order valence-electron chi connectivity index (χ1n) is 8.34. The molecule has 0 spiro atoms. The Labute approximate surface area is 134 Å². The number of nitrogens with zero attached hydrogens (tertiary/aromatic N) is 1. The van der Waals surface area contributed by atoms with Crippen molar-refractivity contribution in [3.8, 4) is 0 Å². The van der Waals surface area contributed by atoms with Gasteiger partial charge in [0.15, 0.2) is 0 Å². The maximum Gasteiger partial charge on any atom is 0.0578 e. The summed E-state index contributed by atoms with van der Waals surface area (Å²) in [5.74, 6) is 0.729. The summed E-state index contributed by atoms with van der Waals surface area (Å²) in [7, 11) is 0. The molecule has 2 nitrogen and oxygen atoms in total. The molecule has 2 aromatic carbocycles. The highest BCUT2D eigenvalue weighted by molar-refractivity contribution is 5.31. The SMILES string of the molecule is CC(NC(c1ccccc1)c1ccccc1)C1CC[N]CC1. The third-order valence-electron chi connectivity index (χ3n) is 4.72. The summed E-state index contributed by atoms with van der Waals surface area (Å²) in [5.41, 5.74) is 2.67. The molecule has 1 aliphatic heterocycles. The third kappa shape index (κ3) is 3.76. The lowest BCUT2D eigenvalue weighted by molar-refractivity contribution is 0.280. The van der Waals surface area contributed by atoms with Crippen LogP contribution in [-0.4, -0.2) is 19.1 Å². The lowest BCUT2D eigenvalue weighted by Gasteiger charge is -2.32. The van der Waals surface area contributed by atoms with Crippen LogP contribution < -0.4 is 10.6 Å². The summed E-state index contributed by atoms with van der Waals surface area (Å²) >= 11 is 0. The molecule has 1 aliphatic rings. The lowest BCUT2D eigenvalue weighted by atomic mass is 9.89. The summed E-state index contributed by atoms with van der Waals surface area (Å²) in [6.07, 6.45) is 2.43. The predicted octanol–water partition coefficient (Wildman–Crippen LogP) is 3.77. The van der Waals surface area contributed by atoms with E-state index in [-0.39, 0.29) is 6.04 Å². The molecular formula is C20H25N2. The van der Waals surface area contributed by atoms with Gasteiger partial charge in [0.1, 0.15) is 0 Å². The molecule has 1 fully saturated rings. The van der Waals surface area contributed by atoms with Crippen LogP contribution in [0, 0.1) is 5.92 Å². The monoisotopic (exact) mass is 293 g/mol. The molecule has 1 saturated heterocycles. The highest BCUT2D eigenvalue weighted by atomic mass is 15.0. The standard InChI is InChI=1S/C20H25N2/c1-16(17-12-14-21-15-13-17)22-20(18-8-4-2-5-9-18)19-10-6-3-7-11-19/h2-11,16-17,20,22H,12-15H2,1H3. The molecule has 0 aliphatic carbocycles. The van der Waals surface area contributed by atoms with Crippen LogP contribution in [0.15, 0.2) is 60.7 Å². The van der Waals surface area contributed by atoms with Crippen LogP contribution in [0.2, 0.25) is 0 Å². The van der Waals surface area contributed by atoms with E-state index in [4.69, 9.17) is 0 Å². The highest BCUT2D eigenvalue weighted by Gasteiger charge is 2.24. The van der Waals surface area contributed by atoms with Gasteiger partial charge < -0.3 is 5.32 Å². The molecule has 0 saturated carbocycles. The van der Waals surface area contributed by atoms with Gasteiger partial charge in [-0.05, 0) is 36.8 Å². The Bertz CT molecular complexity index is 507. The quantitative estimate of drug-likeness (QED) is 0.892. The molecule has 0 amide bonds. The van der Waals surface area contributed by atoms with Crippen molar-refractivity contribution in [3.63, 3.8) is 0 Å². The molecule has 2 aromatic rings. The lowest BCUT2D eigenvalue weighted by Crippen LogP contribution is -2.40. The van der Waals surface area contributed by atoms with Gasteiger partial charge in [-0.3, -0.25) is 0 Å². The minimum absolute atomic E-state index is 0.260. The summed E-state index contributed by atoms with van der Waals surface area (Å²) in [5, 5.41) is 8.36. The Morgan fingerprint density at radius 2 is 1.36 bits per heavy atom. The van der Waals surface area contributed by atoms with E-state index in [0.29, 0.717) is 6.04 Å². The first-order valence-corrected chi connectivity index (χ1v) is 8.34. The second-order valence-corrected chi connectivity index (χ2v) is 6.22. The molecule has 22 heavy (non-hydrogen) atoms. The molecule has 3 rings (SSSR count). The van der Waals surface area contributed by atoms with Crippen molar-refractivity contribution in [1.29, 1.82) is 0 Å². The second-order valence-electron chi connectivity index (χ2n) is 6.22. The van der Waals surface area contributed by atoms with Crippen molar-refractivity contribution in [2.24, 2.45) is 5.92 Å². The third-order valence-corrected chi connectivity index (χ3v) is 4.72. The van der Waals surface area contributed by atoms with Crippen LogP contribution in [0.3, 0.4) is 0 Å². The number of nitrogens with one attached hydrogen (secondary N) is 1. The zero-order valence-electron chi connectivity index (χ0n) is 13.3. The van der Waals surface area contributed by atoms with E-state index in [1.807, 2.05) is 0 Å². The van der Waals surface area contributed by atoms with Gasteiger partial charge in [-0.15, -0.1) is 0 Å². The largest absolute Gasteiger partial charge is 0.303 e. The molecule has 1 N–H and O–H groups in total. The average Bonchev–Trinajstić information content (AvgIpc) is 2.62. The van der Waals surface area contributed by atoms with Gasteiger partial charge in [-0.25, -0.2) is 5.32 Å². The highest BCUT2D eigenvalue weighted by Crippen LogP contribution is 2.25. The summed E-state index contributed by atoms with van der Waals surface area (Å²) in [6.45, 7) is 4.38. The van der Waals surface area contributed by atoms with Gasteiger partial charge in [-0.2, -0.15) is 0 Å². The van der Waals surface area contributed by atoms with Crippen LogP contribution in [0.1, 0.15) is 36.9 Å². The van der Waals surface area contributed by atoms with Gasteiger partial charge in [0.05, 0.1) is 6.04 Å². The van der Waals surface area contributed by atoms with Crippen molar-refractivity contribution in [3.05, 3.63) is 71.8 Å². The van der Waals surface area contributed by atoms with Crippen molar-refractivity contribution in [2.75, 3.05) is 13.1 Å². The van der Waals surface area contributed by atoms with Crippen LogP contribution in [-0.2, 0) is 0 Å². The predicted molar refractivity (Wildman–Crippen MR) is 91.9 cm³/mol. The summed E-state index contributed by atoms with van der Waals surface area (Å²) < 4.78 is 0. The van der Waals surface area contributed by atoms with Crippen molar-refractivity contribution in [1.82, 2.24) is 10.6 Å². The molecule has 0 bridgehead atoms. The minimum Gasteiger partial charge on any atom is -0.303 e. The summed E-state index contributed by atoms with van der Waals surface area (Å²) in [6, 6.07) is 22.3. The normalized spacial score (nSPS) is 17.5. The maximum absolute atomic E-state index is 4.48. The average molecular weight is 293 g/mol. The van der Waals surface area contributed by atoms with Gasteiger partial charge >= 0.3 is 0 Å². The van der Waals surface area contributed by atoms with Crippen molar-refractivity contribution < 1.29 is 0 Å². The number of hydrogen-bond acceptors (Lipinski definition) is 1. The first kappa shape index (κ1) is 15.3. The number of rotatable bonds is 5. The van der Waals surface area contributed by atoms with E-state index in [2.05, 4.69) is 78.2 Å². The fourth-order valence-corrected chi connectivity index (χ4v) is 3.35. The van der Waals surface area contributed by atoms with Gasteiger partial charge in [0.2, 0.25) is 0 Å². The molecule has 1 atom stereocenters. The zero-order chi connectivity index (χ0) is 15.2. The molecule has 2 heteroatoms. The van der Waals surface area contributed by atoms with Crippen LogP contribution in [0.25, 0.3) is 0 Å². The van der Waals surface area contributed by atoms with Crippen LogP contribution in [0.5, 0.6) is 0 Å². The maximum atomic E-state index is 4.48. The molecule has 0 aromatic heterocycles. The van der Waals surface area contributed by atoms with E-state index in [0.717, 1.165) is 19.0 Å². The van der Waals surface area contributed by atoms with E-state index in [1.165, 1.54) is 24.0 Å². The van der Waals surface area contributed by atoms with Crippen molar-refractivity contribution in [2.45, 2.75) is 31.8 Å².